The van der Waals surface area contributed by atoms with Crippen LogP contribution < -0.4 is 0 Å². The van der Waals surface area contributed by atoms with Crippen LogP contribution in [0.4, 0.5) is 0 Å². The number of rotatable bonds is 6. The number of β-amino-alcohol motifs (C(OH)–C–C–N with tert-alkyl or cyclic N) is 1. The van der Waals surface area contributed by atoms with Crippen LogP contribution in [0.5, 0.6) is 0 Å². The van der Waals surface area contributed by atoms with Gasteiger partial charge in [-0.3, -0.25) is 10.00 Å². The zero-order valence-electron chi connectivity index (χ0n) is 16.9. The highest BCUT2D eigenvalue weighted by Crippen LogP contribution is 2.30. The molecule has 4 heterocycles. The Balaban J connectivity index is 1.37. The van der Waals surface area contributed by atoms with E-state index in [-0.39, 0.29) is 12.0 Å². The SMILES string of the molecule is Cc1cc(C[C@@H]2CN(Cc3cn(-c4ccccc4)nc3-c3cccs3)C[C@@H]2O)n[nH]1. The number of hydrogen-bond donors (Lipinski definition) is 2. The van der Waals surface area contributed by atoms with Gasteiger partial charge in [0.15, 0.2) is 0 Å². The van der Waals surface area contributed by atoms with Gasteiger partial charge in [0.05, 0.1) is 22.4 Å². The first kappa shape index (κ1) is 19.2. The molecule has 3 aromatic heterocycles. The van der Waals surface area contributed by atoms with Gasteiger partial charge in [-0.25, -0.2) is 4.68 Å². The maximum atomic E-state index is 10.6. The van der Waals surface area contributed by atoms with Crippen LogP contribution in [0.2, 0.25) is 0 Å². The van der Waals surface area contributed by atoms with E-state index in [1.165, 1.54) is 10.4 Å². The number of aryl methyl sites for hydroxylation is 1. The molecule has 4 aromatic rings. The Kier molecular flexibility index (Phi) is 5.25. The van der Waals surface area contributed by atoms with E-state index in [0.717, 1.165) is 42.3 Å². The zero-order chi connectivity index (χ0) is 20.5. The fourth-order valence-electron chi connectivity index (χ4n) is 4.22. The molecule has 0 aliphatic carbocycles. The summed E-state index contributed by atoms with van der Waals surface area (Å²) < 4.78 is 1.96. The Bertz CT molecular complexity index is 1100. The zero-order valence-corrected chi connectivity index (χ0v) is 17.7. The van der Waals surface area contributed by atoms with Crippen molar-refractivity contribution in [1.29, 1.82) is 0 Å². The smallest absolute Gasteiger partial charge is 0.107 e. The number of aromatic nitrogens is 4. The van der Waals surface area contributed by atoms with Crippen molar-refractivity contribution < 1.29 is 5.11 Å². The molecule has 0 unspecified atom stereocenters. The van der Waals surface area contributed by atoms with Gasteiger partial charge < -0.3 is 5.11 Å². The van der Waals surface area contributed by atoms with E-state index in [1.54, 1.807) is 11.3 Å². The number of aliphatic hydroxyl groups is 1. The molecule has 1 aliphatic rings. The Hall–Kier alpha value is -2.74. The number of hydrogen-bond acceptors (Lipinski definition) is 5. The van der Waals surface area contributed by atoms with Crippen LogP contribution in [0.3, 0.4) is 0 Å². The van der Waals surface area contributed by atoms with Gasteiger partial charge in [0.25, 0.3) is 0 Å². The molecule has 1 aliphatic heterocycles. The molecule has 0 bridgehead atoms. The average Bonchev–Trinajstić information content (AvgIpc) is 3.52. The maximum absolute atomic E-state index is 10.6. The van der Waals surface area contributed by atoms with Gasteiger partial charge in [0.2, 0.25) is 0 Å². The minimum atomic E-state index is -0.337. The molecule has 2 N–H and O–H groups in total. The van der Waals surface area contributed by atoms with E-state index in [4.69, 9.17) is 5.10 Å². The summed E-state index contributed by atoms with van der Waals surface area (Å²) in [5.41, 5.74) is 5.34. The predicted molar refractivity (Wildman–Crippen MR) is 119 cm³/mol. The van der Waals surface area contributed by atoms with E-state index in [2.05, 4.69) is 57.0 Å². The fraction of sp³-hybridized carbons (Fsp3) is 0.304. The van der Waals surface area contributed by atoms with Gasteiger partial charge in [-0.15, -0.1) is 11.3 Å². The summed E-state index contributed by atoms with van der Waals surface area (Å²) in [5.74, 6) is 0.196. The van der Waals surface area contributed by atoms with Crippen molar-refractivity contribution in [1.82, 2.24) is 24.9 Å². The molecule has 2 atom stereocenters. The van der Waals surface area contributed by atoms with Crippen molar-refractivity contribution in [3.8, 4) is 16.3 Å². The van der Waals surface area contributed by atoms with E-state index >= 15 is 0 Å². The molecule has 6 nitrogen and oxygen atoms in total. The Morgan fingerprint density at radius 1 is 1.17 bits per heavy atom. The molecule has 7 heteroatoms. The first-order chi connectivity index (χ1) is 14.7. The number of aliphatic hydroxyl groups excluding tert-OH is 1. The topological polar surface area (TPSA) is 70.0 Å². The molecule has 0 spiro atoms. The van der Waals surface area contributed by atoms with Crippen LogP contribution in [-0.2, 0) is 13.0 Å². The highest BCUT2D eigenvalue weighted by atomic mass is 32.1. The summed E-state index contributed by atoms with van der Waals surface area (Å²) >= 11 is 1.71. The largest absolute Gasteiger partial charge is 0.391 e. The number of benzene rings is 1. The first-order valence-electron chi connectivity index (χ1n) is 10.2. The van der Waals surface area contributed by atoms with Crippen LogP contribution in [-0.4, -0.2) is 49.2 Å². The highest BCUT2D eigenvalue weighted by molar-refractivity contribution is 7.13. The van der Waals surface area contributed by atoms with Gasteiger partial charge >= 0.3 is 0 Å². The Labute approximate surface area is 179 Å². The highest BCUT2D eigenvalue weighted by Gasteiger charge is 2.32. The molecule has 1 aromatic carbocycles. The fourth-order valence-corrected chi connectivity index (χ4v) is 4.96. The summed E-state index contributed by atoms with van der Waals surface area (Å²) in [6, 6.07) is 16.4. The van der Waals surface area contributed by atoms with Crippen LogP contribution in [0.25, 0.3) is 16.3 Å². The van der Waals surface area contributed by atoms with Crippen molar-refractivity contribution in [2.45, 2.75) is 26.0 Å². The Morgan fingerprint density at radius 3 is 2.77 bits per heavy atom. The van der Waals surface area contributed by atoms with Gasteiger partial charge in [-0.1, -0.05) is 24.3 Å². The quantitative estimate of drug-likeness (QED) is 0.500. The van der Waals surface area contributed by atoms with Gasteiger partial charge in [-0.2, -0.15) is 10.2 Å². The van der Waals surface area contributed by atoms with Crippen LogP contribution >= 0.6 is 11.3 Å². The molecule has 1 saturated heterocycles. The van der Waals surface area contributed by atoms with E-state index in [9.17, 15) is 5.11 Å². The summed E-state index contributed by atoms with van der Waals surface area (Å²) in [6.07, 6.45) is 2.58. The molecule has 0 saturated carbocycles. The van der Waals surface area contributed by atoms with E-state index < -0.39 is 0 Å². The lowest BCUT2D eigenvalue weighted by Gasteiger charge is -2.15. The van der Waals surface area contributed by atoms with Crippen LogP contribution in [0, 0.1) is 12.8 Å². The minimum absolute atomic E-state index is 0.196. The number of H-pyrrole nitrogens is 1. The number of nitrogens with one attached hydrogen (secondary N) is 1. The predicted octanol–water partition coefficient (Wildman–Crippen LogP) is 3.67. The monoisotopic (exact) mass is 419 g/mol. The molecule has 1 fully saturated rings. The standard InChI is InChI=1S/C23H25N5OS/c1-16-10-19(25-24-16)11-17-12-27(15-21(17)29)13-18-14-28(20-6-3-2-4-7-20)26-23(18)22-8-5-9-30-22/h2-10,14,17,21,29H,11-13,15H2,1H3,(H,24,25)/t17-,21+/m1/s1. The summed E-state index contributed by atoms with van der Waals surface area (Å²) in [6.45, 7) is 4.31. The maximum Gasteiger partial charge on any atom is 0.107 e. The molecule has 154 valence electrons. The van der Waals surface area contributed by atoms with Crippen molar-refractivity contribution >= 4 is 11.3 Å². The normalized spacial score (nSPS) is 19.5. The molecule has 0 amide bonds. The van der Waals surface area contributed by atoms with E-state index in [1.807, 2.05) is 29.8 Å². The first-order valence-corrected chi connectivity index (χ1v) is 11.1. The summed E-state index contributed by atoms with van der Waals surface area (Å²) in [7, 11) is 0. The third-order valence-corrected chi connectivity index (χ3v) is 6.55. The third kappa shape index (κ3) is 3.96. The van der Waals surface area contributed by atoms with Crippen molar-refractivity contribution in [2.75, 3.05) is 13.1 Å². The third-order valence-electron chi connectivity index (χ3n) is 5.67. The van der Waals surface area contributed by atoms with Crippen molar-refractivity contribution in [2.24, 2.45) is 5.92 Å². The average molecular weight is 420 g/mol. The van der Waals surface area contributed by atoms with Crippen LogP contribution in [0.15, 0.2) is 60.1 Å². The molecule has 5 rings (SSSR count). The molecular formula is C23H25N5OS. The lowest BCUT2D eigenvalue weighted by Crippen LogP contribution is -2.21. The Morgan fingerprint density at radius 2 is 2.03 bits per heavy atom. The van der Waals surface area contributed by atoms with Gasteiger partial charge in [0.1, 0.15) is 5.69 Å². The molecule has 0 radical (unpaired) electrons. The van der Waals surface area contributed by atoms with Crippen molar-refractivity contribution in [3.63, 3.8) is 0 Å². The second kappa shape index (κ2) is 8.18. The van der Waals surface area contributed by atoms with Gasteiger partial charge in [0, 0.05) is 43.0 Å². The minimum Gasteiger partial charge on any atom is -0.391 e. The lowest BCUT2D eigenvalue weighted by molar-refractivity contribution is 0.140. The van der Waals surface area contributed by atoms with Crippen LogP contribution in [0.1, 0.15) is 17.0 Å². The van der Waals surface area contributed by atoms with Crippen molar-refractivity contribution in [3.05, 3.63) is 77.1 Å². The number of para-hydroxylation sites is 1. The number of aromatic amines is 1. The number of thiophene rings is 1. The lowest BCUT2D eigenvalue weighted by atomic mass is 10.0. The second-order valence-electron chi connectivity index (χ2n) is 8.03. The summed E-state index contributed by atoms with van der Waals surface area (Å²) in [4.78, 5) is 3.50. The number of nitrogens with zero attached hydrogens (tertiary/aromatic N) is 4. The summed E-state index contributed by atoms with van der Waals surface area (Å²) in [5, 5.41) is 25.0. The van der Waals surface area contributed by atoms with E-state index in [0.29, 0.717) is 6.54 Å². The molecular weight excluding hydrogens is 394 g/mol. The number of likely N-dealkylation sites (tertiary alicyclic amines) is 1. The van der Waals surface area contributed by atoms with Gasteiger partial charge in [-0.05, 0) is 43.0 Å². The second-order valence-corrected chi connectivity index (χ2v) is 8.98. The molecule has 30 heavy (non-hydrogen) atoms.